The fourth-order valence-electron chi connectivity index (χ4n) is 3.37. The zero-order chi connectivity index (χ0) is 17.9. The molecule has 0 unspecified atom stereocenters. The van der Waals surface area contributed by atoms with Crippen molar-refractivity contribution in [2.75, 3.05) is 18.4 Å². The average molecular weight is 369 g/mol. The highest BCUT2D eigenvalue weighted by molar-refractivity contribution is 7.09. The maximum Gasteiger partial charge on any atom is 0.257 e. The van der Waals surface area contributed by atoms with Crippen LogP contribution in [0, 0.1) is 5.82 Å². The van der Waals surface area contributed by atoms with Gasteiger partial charge in [0.1, 0.15) is 5.82 Å². The van der Waals surface area contributed by atoms with E-state index in [1.54, 1.807) is 23.6 Å². The van der Waals surface area contributed by atoms with Crippen LogP contribution in [0.15, 0.2) is 41.9 Å². The predicted octanol–water partition coefficient (Wildman–Crippen LogP) is 4.67. The summed E-state index contributed by atoms with van der Waals surface area (Å²) >= 11 is 1.65. The fraction of sp³-hybridized carbons (Fsp3) is 0.300. The van der Waals surface area contributed by atoms with Gasteiger partial charge in [-0.25, -0.2) is 4.39 Å². The molecule has 2 aromatic heterocycles. The van der Waals surface area contributed by atoms with Crippen LogP contribution < -0.4 is 5.32 Å². The lowest BCUT2D eigenvalue weighted by molar-refractivity contribution is 0.0725. The molecule has 1 aromatic carbocycles. The maximum absolute atomic E-state index is 13.9. The first-order valence-electron chi connectivity index (χ1n) is 8.86. The summed E-state index contributed by atoms with van der Waals surface area (Å²) < 4.78 is 13.9. The Kier molecular flexibility index (Phi) is 4.84. The van der Waals surface area contributed by atoms with E-state index in [0.29, 0.717) is 28.7 Å². The van der Waals surface area contributed by atoms with Crippen LogP contribution >= 0.6 is 11.3 Å². The highest BCUT2D eigenvalue weighted by Crippen LogP contribution is 2.29. The number of nitrogens with one attached hydrogen (secondary N) is 1. The topological polar surface area (TPSA) is 45.2 Å². The first-order chi connectivity index (χ1) is 12.7. The number of carbonyl (C=O) groups excluding carboxylic acids is 1. The Morgan fingerprint density at radius 2 is 2.08 bits per heavy atom. The van der Waals surface area contributed by atoms with E-state index in [0.717, 1.165) is 37.2 Å². The van der Waals surface area contributed by atoms with Gasteiger partial charge in [0, 0.05) is 36.1 Å². The summed E-state index contributed by atoms with van der Waals surface area (Å²) in [6, 6.07) is 8.52. The molecule has 0 atom stereocenters. The van der Waals surface area contributed by atoms with E-state index in [4.69, 9.17) is 0 Å². The average Bonchev–Trinajstić information content (AvgIpc) is 3.19. The van der Waals surface area contributed by atoms with E-state index in [-0.39, 0.29) is 11.7 Å². The molecule has 1 aliphatic heterocycles. The van der Waals surface area contributed by atoms with E-state index in [2.05, 4.69) is 10.3 Å². The number of amides is 1. The van der Waals surface area contributed by atoms with Gasteiger partial charge in [0.05, 0.1) is 16.8 Å². The second-order valence-electron chi connectivity index (χ2n) is 6.49. The molecule has 1 fully saturated rings. The molecule has 26 heavy (non-hydrogen) atoms. The first kappa shape index (κ1) is 17.0. The van der Waals surface area contributed by atoms with E-state index in [9.17, 15) is 9.18 Å². The predicted molar refractivity (Wildman–Crippen MR) is 103 cm³/mol. The van der Waals surface area contributed by atoms with Crippen LogP contribution in [0.4, 0.5) is 10.1 Å². The van der Waals surface area contributed by atoms with Gasteiger partial charge in [0.2, 0.25) is 0 Å². The van der Waals surface area contributed by atoms with E-state index >= 15 is 0 Å². The molecule has 1 aliphatic rings. The van der Waals surface area contributed by atoms with Gasteiger partial charge in [-0.05, 0) is 48.9 Å². The smallest absolute Gasteiger partial charge is 0.257 e. The lowest BCUT2D eigenvalue weighted by atomic mass is 10.1. The summed E-state index contributed by atoms with van der Waals surface area (Å²) in [5.74, 6) is -0.363. The number of benzene rings is 1. The van der Waals surface area contributed by atoms with Gasteiger partial charge in [-0.2, -0.15) is 0 Å². The molecule has 134 valence electrons. The van der Waals surface area contributed by atoms with Gasteiger partial charge >= 0.3 is 0 Å². The number of nitrogens with zero attached hydrogens (tertiary/aromatic N) is 2. The van der Waals surface area contributed by atoms with Crippen molar-refractivity contribution in [2.45, 2.75) is 25.8 Å². The summed E-state index contributed by atoms with van der Waals surface area (Å²) in [4.78, 5) is 20.5. The zero-order valence-electron chi connectivity index (χ0n) is 14.4. The Morgan fingerprint density at radius 1 is 1.23 bits per heavy atom. The Bertz CT molecular complexity index is 920. The number of rotatable bonds is 4. The van der Waals surface area contributed by atoms with E-state index in [1.807, 2.05) is 22.4 Å². The molecule has 1 N–H and O–H groups in total. The SMILES string of the molecule is O=C(c1cnc2ccc(F)cc2c1NCc1cccs1)N1CCCCC1. The molecular weight excluding hydrogens is 349 g/mol. The van der Waals surface area contributed by atoms with Crippen molar-refractivity contribution >= 4 is 33.8 Å². The van der Waals surface area contributed by atoms with Crippen LogP contribution in [0.25, 0.3) is 10.9 Å². The molecule has 1 amide bonds. The highest BCUT2D eigenvalue weighted by atomic mass is 32.1. The molecule has 4 rings (SSSR count). The number of halogens is 1. The highest BCUT2D eigenvalue weighted by Gasteiger charge is 2.23. The summed E-state index contributed by atoms with van der Waals surface area (Å²) in [6.07, 6.45) is 4.83. The number of hydrogen-bond acceptors (Lipinski definition) is 4. The summed E-state index contributed by atoms with van der Waals surface area (Å²) in [5, 5.41) is 6.02. The van der Waals surface area contributed by atoms with Crippen molar-refractivity contribution in [1.29, 1.82) is 0 Å². The van der Waals surface area contributed by atoms with Crippen molar-refractivity contribution in [3.05, 3.63) is 58.2 Å². The minimum Gasteiger partial charge on any atom is -0.379 e. The quantitative estimate of drug-likeness (QED) is 0.727. The first-order valence-corrected chi connectivity index (χ1v) is 9.74. The Balaban J connectivity index is 1.74. The Morgan fingerprint density at radius 3 is 2.85 bits per heavy atom. The maximum atomic E-state index is 13.9. The number of fused-ring (bicyclic) bond motifs is 1. The fourth-order valence-corrected chi connectivity index (χ4v) is 4.02. The molecule has 0 saturated carbocycles. The lowest BCUT2D eigenvalue weighted by Crippen LogP contribution is -2.36. The minimum atomic E-state index is -0.332. The van der Waals surface area contributed by atoms with Gasteiger partial charge in [0.25, 0.3) is 5.91 Å². The summed E-state index contributed by atoms with van der Waals surface area (Å²) in [5.41, 5.74) is 1.86. The minimum absolute atomic E-state index is 0.0305. The molecule has 0 bridgehead atoms. The number of likely N-dealkylation sites (tertiary alicyclic amines) is 1. The van der Waals surface area contributed by atoms with Crippen molar-refractivity contribution in [1.82, 2.24) is 9.88 Å². The number of piperidine rings is 1. The van der Waals surface area contributed by atoms with E-state index in [1.165, 1.54) is 12.1 Å². The molecule has 4 nitrogen and oxygen atoms in total. The Labute approximate surface area is 155 Å². The van der Waals surface area contributed by atoms with Crippen LogP contribution in [-0.2, 0) is 6.54 Å². The number of hydrogen-bond donors (Lipinski definition) is 1. The molecule has 0 aliphatic carbocycles. The number of anilines is 1. The normalized spacial score (nSPS) is 14.6. The van der Waals surface area contributed by atoms with Crippen molar-refractivity contribution in [3.63, 3.8) is 0 Å². The summed E-state index contributed by atoms with van der Waals surface area (Å²) in [7, 11) is 0. The summed E-state index contributed by atoms with van der Waals surface area (Å²) in [6.45, 7) is 2.13. The lowest BCUT2D eigenvalue weighted by Gasteiger charge is -2.27. The van der Waals surface area contributed by atoms with Crippen LogP contribution in [0.1, 0.15) is 34.5 Å². The Hall–Kier alpha value is -2.47. The van der Waals surface area contributed by atoms with Crippen molar-refractivity contribution in [3.8, 4) is 0 Å². The molecule has 0 radical (unpaired) electrons. The molecular formula is C20H20FN3OS. The third-order valence-corrected chi connectivity index (χ3v) is 5.60. The molecule has 6 heteroatoms. The van der Waals surface area contributed by atoms with Crippen LogP contribution in [-0.4, -0.2) is 28.9 Å². The van der Waals surface area contributed by atoms with Crippen LogP contribution in [0.2, 0.25) is 0 Å². The number of aromatic nitrogens is 1. The van der Waals surface area contributed by atoms with Crippen LogP contribution in [0.5, 0.6) is 0 Å². The van der Waals surface area contributed by atoms with E-state index < -0.39 is 0 Å². The van der Waals surface area contributed by atoms with Crippen LogP contribution in [0.3, 0.4) is 0 Å². The van der Waals surface area contributed by atoms with Gasteiger partial charge in [-0.15, -0.1) is 11.3 Å². The van der Waals surface area contributed by atoms with Crippen molar-refractivity contribution in [2.24, 2.45) is 0 Å². The van der Waals surface area contributed by atoms with Crippen molar-refractivity contribution < 1.29 is 9.18 Å². The monoisotopic (exact) mass is 369 g/mol. The zero-order valence-corrected chi connectivity index (χ0v) is 15.2. The number of pyridine rings is 1. The van der Waals surface area contributed by atoms with Gasteiger partial charge in [-0.1, -0.05) is 6.07 Å². The second-order valence-corrected chi connectivity index (χ2v) is 7.53. The molecule has 3 aromatic rings. The number of thiophene rings is 1. The third-order valence-electron chi connectivity index (χ3n) is 4.72. The number of carbonyl (C=O) groups is 1. The second kappa shape index (κ2) is 7.41. The van der Waals surface area contributed by atoms with Gasteiger partial charge in [0.15, 0.2) is 0 Å². The van der Waals surface area contributed by atoms with Gasteiger partial charge in [-0.3, -0.25) is 9.78 Å². The molecule has 0 spiro atoms. The third kappa shape index (κ3) is 3.42. The molecule has 1 saturated heterocycles. The van der Waals surface area contributed by atoms with Gasteiger partial charge < -0.3 is 10.2 Å². The molecule has 3 heterocycles. The standard InChI is InChI=1S/C20H20FN3OS/c21-14-6-7-18-16(11-14)19(23-12-15-5-4-10-26-15)17(13-22-18)20(25)24-8-2-1-3-9-24/h4-7,10-11,13H,1-3,8-9,12H2,(H,22,23). The largest absolute Gasteiger partial charge is 0.379 e.